The summed E-state index contributed by atoms with van der Waals surface area (Å²) in [5, 5.41) is 21.8. The van der Waals surface area contributed by atoms with E-state index in [4.69, 9.17) is 0 Å². The lowest BCUT2D eigenvalue weighted by Crippen LogP contribution is -2.45. The van der Waals surface area contributed by atoms with Crippen LogP contribution in [0.15, 0.2) is 30.3 Å². The maximum absolute atomic E-state index is 10.2. The van der Waals surface area contributed by atoms with Crippen molar-refractivity contribution in [3.05, 3.63) is 30.3 Å². The summed E-state index contributed by atoms with van der Waals surface area (Å²) in [5.74, 6) is 0. The first-order valence-electron chi connectivity index (χ1n) is 8.46. The average molecular weight is 323 g/mol. The Kier molecular flexibility index (Phi) is 6.84. The Balaban J connectivity index is 2.53. The highest BCUT2D eigenvalue weighted by atomic mass is 28.3. The largest absolute Gasteiger partial charge is 0.393 e. The Morgan fingerprint density at radius 2 is 1.55 bits per heavy atom. The molecule has 0 fully saturated rings. The van der Waals surface area contributed by atoms with Crippen molar-refractivity contribution < 1.29 is 10.2 Å². The van der Waals surface area contributed by atoms with Gasteiger partial charge in [-0.1, -0.05) is 82.7 Å². The van der Waals surface area contributed by atoms with E-state index in [2.05, 4.69) is 50.3 Å². The van der Waals surface area contributed by atoms with Crippen LogP contribution in [0.5, 0.6) is 0 Å². The molecule has 0 saturated carbocycles. The van der Waals surface area contributed by atoms with E-state index in [9.17, 15) is 10.2 Å². The minimum absolute atomic E-state index is 0.162. The molecular formula is C19H34O2Si. The number of benzene rings is 1. The monoisotopic (exact) mass is 322 g/mol. The van der Waals surface area contributed by atoms with E-state index in [-0.39, 0.29) is 5.41 Å². The smallest absolute Gasteiger partial charge is 0.0834 e. The van der Waals surface area contributed by atoms with Crippen LogP contribution in [0.1, 0.15) is 47.0 Å². The Morgan fingerprint density at radius 3 is 2.05 bits per heavy atom. The SMILES string of the molecule is CC(CC[C@@H](O)C[C@H](O)C(C)(C)C)[Si](C)(C)c1ccccc1. The molecule has 0 heterocycles. The van der Waals surface area contributed by atoms with Gasteiger partial charge >= 0.3 is 0 Å². The molecule has 0 aliphatic heterocycles. The van der Waals surface area contributed by atoms with Gasteiger partial charge in [0.05, 0.1) is 20.3 Å². The number of hydrogen-bond donors (Lipinski definition) is 2. The minimum Gasteiger partial charge on any atom is -0.393 e. The van der Waals surface area contributed by atoms with E-state index in [0.29, 0.717) is 12.0 Å². The normalized spacial score (nSPS) is 17.1. The molecule has 2 nitrogen and oxygen atoms in total. The molecule has 2 N–H and O–H groups in total. The topological polar surface area (TPSA) is 40.5 Å². The molecule has 0 aromatic heterocycles. The van der Waals surface area contributed by atoms with E-state index >= 15 is 0 Å². The van der Waals surface area contributed by atoms with E-state index in [1.165, 1.54) is 5.19 Å². The van der Waals surface area contributed by atoms with Crippen molar-refractivity contribution in [3.8, 4) is 0 Å². The number of aliphatic hydroxyl groups excluding tert-OH is 2. The lowest BCUT2D eigenvalue weighted by atomic mass is 9.85. The average Bonchev–Trinajstić information content (AvgIpc) is 2.44. The Bertz CT molecular complexity index is 436. The van der Waals surface area contributed by atoms with E-state index in [1.807, 2.05) is 20.8 Å². The molecule has 3 atom stereocenters. The summed E-state index contributed by atoms with van der Waals surface area (Å²) in [4.78, 5) is 0. The molecule has 0 aliphatic carbocycles. The van der Waals surface area contributed by atoms with Gasteiger partial charge in [0.15, 0.2) is 0 Å². The molecule has 0 radical (unpaired) electrons. The zero-order chi connectivity index (χ0) is 17.0. The van der Waals surface area contributed by atoms with Crippen molar-refractivity contribution in [2.75, 3.05) is 0 Å². The van der Waals surface area contributed by atoms with E-state index in [1.54, 1.807) is 0 Å². The molecular weight excluding hydrogens is 288 g/mol. The molecule has 0 bridgehead atoms. The molecule has 0 spiro atoms. The van der Waals surface area contributed by atoms with Gasteiger partial charge in [-0.3, -0.25) is 0 Å². The summed E-state index contributed by atoms with van der Waals surface area (Å²) >= 11 is 0. The zero-order valence-electron chi connectivity index (χ0n) is 15.1. The predicted octanol–water partition coefficient (Wildman–Crippen LogP) is 3.93. The van der Waals surface area contributed by atoms with Crippen LogP contribution in [0.3, 0.4) is 0 Å². The lowest BCUT2D eigenvalue weighted by Gasteiger charge is -2.32. The van der Waals surface area contributed by atoms with E-state index in [0.717, 1.165) is 12.8 Å². The Labute approximate surface area is 137 Å². The predicted molar refractivity (Wildman–Crippen MR) is 98.3 cm³/mol. The summed E-state index contributed by atoms with van der Waals surface area (Å²) < 4.78 is 0. The summed E-state index contributed by atoms with van der Waals surface area (Å²) in [6, 6.07) is 10.8. The van der Waals surface area contributed by atoms with Gasteiger partial charge in [0.2, 0.25) is 0 Å². The second-order valence-electron chi connectivity index (χ2n) is 8.34. The second kappa shape index (κ2) is 7.76. The number of rotatable bonds is 7. The van der Waals surface area contributed by atoms with Gasteiger partial charge in [0.1, 0.15) is 0 Å². The maximum Gasteiger partial charge on any atom is 0.0834 e. The van der Waals surface area contributed by atoms with Crippen LogP contribution in [0.25, 0.3) is 0 Å². The molecule has 3 heteroatoms. The minimum atomic E-state index is -1.50. The Morgan fingerprint density at radius 1 is 1.00 bits per heavy atom. The molecule has 0 amide bonds. The van der Waals surface area contributed by atoms with Crippen molar-refractivity contribution in [3.63, 3.8) is 0 Å². The summed E-state index contributed by atoms with van der Waals surface area (Å²) in [5.41, 5.74) is 0.446. The lowest BCUT2D eigenvalue weighted by molar-refractivity contribution is 0.0108. The Hall–Kier alpha value is -0.643. The van der Waals surface area contributed by atoms with Crippen LogP contribution in [-0.4, -0.2) is 30.5 Å². The number of aliphatic hydroxyl groups is 2. The third kappa shape index (κ3) is 5.53. The summed E-state index contributed by atoms with van der Waals surface area (Å²) in [6.45, 7) is 13.2. The number of hydrogen-bond acceptors (Lipinski definition) is 2. The van der Waals surface area contributed by atoms with Crippen LogP contribution < -0.4 is 5.19 Å². The van der Waals surface area contributed by atoms with Gasteiger partial charge in [-0.2, -0.15) is 0 Å². The molecule has 1 unspecified atom stereocenters. The first-order valence-corrected chi connectivity index (χ1v) is 11.5. The standard InChI is InChI=1S/C19H34O2Si/c1-15(22(5,6)17-10-8-7-9-11-17)12-13-16(20)14-18(21)19(2,3)4/h7-11,15-16,18,20-21H,12-14H2,1-6H3/t15?,16-,18+/m1/s1. The van der Waals surface area contributed by atoms with Gasteiger partial charge in [-0.15, -0.1) is 0 Å². The third-order valence-electron chi connectivity index (χ3n) is 5.18. The summed E-state index contributed by atoms with van der Waals surface area (Å²) in [7, 11) is -1.50. The molecule has 22 heavy (non-hydrogen) atoms. The highest BCUT2D eigenvalue weighted by Gasteiger charge is 2.31. The van der Waals surface area contributed by atoms with Crippen molar-refractivity contribution in [2.24, 2.45) is 5.41 Å². The van der Waals surface area contributed by atoms with Crippen molar-refractivity contribution in [1.82, 2.24) is 0 Å². The second-order valence-corrected chi connectivity index (χ2v) is 13.3. The molecule has 126 valence electrons. The fourth-order valence-corrected chi connectivity index (χ4v) is 5.19. The van der Waals surface area contributed by atoms with Gasteiger partial charge < -0.3 is 10.2 Å². The fraction of sp³-hybridized carbons (Fsp3) is 0.684. The highest BCUT2D eigenvalue weighted by Crippen LogP contribution is 2.29. The third-order valence-corrected chi connectivity index (χ3v) is 9.75. The van der Waals surface area contributed by atoms with Crippen LogP contribution in [0.2, 0.25) is 18.6 Å². The molecule has 0 saturated heterocycles. The first kappa shape index (κ1) is 19.4. The zero-order valence-corrected chi connectivity index (χ0v) is 16.1. The molecule has 1 aromatic rings. The van der Waals surface area contributed by atoms with Crippen molar-refractivity contribution in [2.45, 2.75) is 77.8 Å². The first-order chi connectivity index (χ1) is 10.0. The molecule has 1 rings (SSSR count). The summed E-state index contributed by atoms with van der Waals surface area (Å²) in [6.07, 6.45) is 1.42. The van der Waals surface area contributed by atoms with Crippen LogP contribution >= 0.6 is 0 Å². The van der Waals surface area contributed by atoms with Crippen molar-refractivity contribution in [1.29, 1.82) is 0 Å². The van der Waals surface area contributed by atoms with Crippen LogP contribution in [0.4, 0.5) is 0 Å². The van der Waals surface area contributed by atoms with Gasteiger partial charge in [-0.25, -0.2) is 0 Å². The van der Waals surface area contributed by atoms with Gasteiger partial charge in [0.25, 0.3) is 0 Å². The molecule has 1 aromatic carbocycles. The van der Waals surface area contributed by atoms with Crippen LogP contribution in [0, 0.1) is 5.41 Å². The quantitative estimate of drug-likeness (QED) is 0.747. The van der Waals surface area contributed by atoms with Gasteiger partial charge in [-0.05, 0) is 23.8 Å². The van der Waals surface area contributed by atoms with E-state index < -0.39 is 20.3 Å². The van der Waals surface area contributed by atoms with Gasteiger partial charge in [0, 0.05) is 0 Å². The van der Waals surface area contributed by atoms with Crippen LogP contribution in [-0.2, 0) is 0 Å². The maximum atomic E-state index is 10.2. The molecule has 0 aliphatic rings. The highest BCUT2D eigenvalue weighted by molar-refractivity contribution is 6.90. The fourth-order valence-electron chi connectivity index (χ4n) is 2.68. The van der Waals surface area contributed by atoms with Crippen molar-refractivity contribution >= 4 is 13.3 Å².